The predicted octanol–water partition coefficient (Wildman–Crippen LogP) is 5.65. The molecule has 1 fully saturated rings. The van der Waals surface area contributed by atoms with Gasteiger partial charge in [-0.3, -0.25) is 0 Å². The SMILES string of the molecule is O=C(NCc1ccccc1OC(F)(F)F)N1CCC(Oc2ccc(Cl)c(Cl)c2)CC1. The molecule has 0 spiro atoms. The number of carbonyl (C=O) groups is 1. The molecule has 162 valence electrons. The first kappa shape index (κ1) is 22.4. The number of ether oxygens (including phenoxy) is 2. The molecule has 1 N–H and O–H groups in total. The zero-order valence-electron chi connectivity index (χ0n) is 15.7. The van der Waals surface area contributed by atoms with Crippen LogP contribution in [0.5, 0.6) is 11.5 Å². The average Bonchev–Trinajstić information content (AvgIpc) is 2.69. The zero-order valence-corrected chi connectivity index (χ0v) is 17.2. The van der Waals surface area contributed by atoms with Crippen molar-refractivity contribution in [2.75, 3.05) is 13.1 Å². The first-order chi connectivity index (χ1) is 14.2. The summed E-state index contributed by atoms with van der Waals surface area (Å²) in [5.41, 5.74) is 0.237. The highest BCUT2D eigenvalue weighted by atomic mass is 35.5. The third-order valence-electron chi connectivity index (χ3n) is 4.55. The second-order valence-electron chi connectivity index (χ2n) is 6.69. The van der Waals surface area contributed by atoms with Gasteiger partial charge >= 0.3 is 12.4 Å². The Morgan fingerprint density at radius 3 is 2.47 bits per heavy atom. The topological polar surface area (TPSA) is 50.8 Å². The molecule has 0 aliphatic carbocycles. The van der Waals surface area contributed by atoms with E-state index < -0.39 is 6.36 Å². The molecule has 2 amide bonds. The molecule has 0 unspecified atom stereocenters. The number of alkyl halides is 3. The third-order valence-corrected chi connectivity index (χ3v) is 5.29. The van der Waals surface area contributed by atoms with E-state index in [4.69, 9.17) is 27.9 Å². The average molecular weight is 463 g/mol. The van der Waals surface area contributed by atoms with E-state index in [1.54, 1.807) is 29.2 Å². The Morgan fingerprint density at radius 1 is 1.10 bits per heavy atom. The summed E-state index contributed by atoms with van der Waals surface area (Å²) in [5, 5.41) is 3.49. The molecule has 0 radical (unpaired) electrons. The lowest BCUT2D eigenvalue weighted by Gasteiger charge is -2.32. The number of benzene rings is 2. The van der Waals surface area contributed by atoms with Gasteiger partial charge in [0.2, 0.25) is 0 Å². The molecule has 1 aliphatic heterocycles. The summed E-state index contributed by atoms with van der Waals surface area (Å²) in [5.74, 6) is 0.271. The van der Waals surface area contributed by atoms with Crippen LogP contribution in [0, 0.1) is 0 Å². The number of hydrogen-bond acceptors (Lipinski definition) is 3. The van der Waals surface area contributed by atoms with Crippen molar-refractivity contribution in [1.29, 1.82) is 0 Å². The molecule has 1 heterocycles. The summed E-state index contributed by atoms with van der Waals surface area (Å²) in [6, 6.07) is 10.4. The highest BCUT2D eigenvalue weighted by Crippen LogP contribution is 2.28. The molecule has 5 nitrogen and oxygen atoms in total. The molecule has 10 heteroatoms. The maximum atomic E-state index is 12.5. The van der Waals surface area contributed by atoms with E-state index in [9.17, 15) is 18.0 Å². The molecule has 2 aromatic rings. The summed E-state index contributed by atoms with van der Waals surface area (Å²) < 4.78 is 47.4. The monoisotopic (exact) mass is 462 g/mol. The minimum atomic E-state index is -4.80. The second kappa shape index (κ2) is 9.66. The van der Waals surface area contributed by atoms with Crippen LogP contribution < -0.4 is 14.8 Å². The zero-order chi connectivity index (χ0) is 21.7. The maximum Gasteiger partial charge on any atom is 0.573 e. The number of amides is 2. The van der Waals surface area contributed by atoms with Crippen molar-refractivity contribution in [2.24, 2.45) is 0 Å². The molecule has 30 heavy (non-hydrogen) atoms. The largest absolute Gasteiger partial charge is 0.573 e. The summed E-state index contributed by atoms with van der Waals surface area (Å²) >= 11 is 11.9. The van der Waals surface area contributed by atoms with Gasteiger partial charge in [0.1, 0.15) is 17.6 Å². The number of halogens is 5. The fourth-order valence-corrected chi connectivity index (χ4v) is 3.36. The molecule has 0 aromatic heterocycles. The molecule has 2 aromatic carbocycles. The van der Waals surface area contributed by atoms with Crippen LogP contribution in [-0.4, -0.2) is 36.5 Å². The summed E-state index contributed by atoms with van der Waals surface area (Å²) in [7, 11) is 0. The Kier molecular flexibility index (Phi) is 7.20. The van der Waals surface area contributed by atoms with Crippen molar-refractivity contribution in [1.82, 2.24) is 10.2 Å². The number of nitrogens with zero attached hydrogens (tertiary/aromatic N) is 1. The Bertz CT molecular complexity index is 888. The number of carbonyl (C=O) groups excluding carboxylic acids is 1. The number of urea groups is 1. The number of hydrogen-bond donors (Lipinski definition) is 1. The Labute approximate surface area is 181 Å². The fourth-order valence-electron chi connectivity index (χ4n) is 3.08. The van der Waals surface area contributed by atoms with Crippen LogP contribution in [0.15, 0.2) is 42.5 Å². The van der Waals surface area contributed by atoms with E-state index in [0.29, 0.717) is 41.7 Å². The van der Waals surface area contributed by atoms with Gasteiger partial charge in [0.25, 0.3) is 0 Å². The number of likely N-dealkylation sites (tertiary alicyclic amines) is 1. The van der Waals surface area contributed by atoms with Crippen LogP contribution in [0.4, 0.5) is 18.0 Å². The van der Waals surface area contributed by atoms with Crippen LogP contribution in [0.25, 0.3) is 0 Å². The van der Waals surface area contributed by atoms with E-state index in [-0.39, 0.29) is 30.0 Å². The van der Waals surface area contributed by atoms with Gasteiger partial charge in [-0.2, -0.15) is 0 Å². The van der Waals surface area contributed by atoms with Crippen molar-refractivity contribution in [3.8, 4) is 11.5 Å². The summed E-state index contributed by atoms with van der Waals surface area (Å²) in [6.45, 7) is 0.835. The lowest BCUT2D eigenvalue weighted by Crippen LogP contribution is -2.46. The van der Waals surface area contributed by atoms with Gasteiger partial charge in [-0.25, -0.2) is 4.79 Å². The van der Waals surface area contributed by atoms with Gasteiger partial charge in [-0.05, 0) is 18.2 Å². The number of rotatable bonds is 5. The van der Waals surface area contributed by atoms with Crippen LogP contribution >= 0.6 is 23.2 Å². The highest BCUT2D eigenvalue weighted by molar-refractivity contribution is 6.42. The van der Waals surface area contributed by atoms with Crippen molar-refractivity contribution in [3.63, 3.8) is 0 Å². The van der Waals surface area contributed by atoms with Crippen LogP contribution in [0.3, 0.4) is 0 Å². The molecular formula is C20H19Cl2F3N2O3. The van der Waals surface area contributed by atoms with Crippen molar-refractivity contribution in [3.05, 3.63) is 58.1 Å². The van der Waals surface area contributed by atoms with Gasteiger partial charge in [0.05, 0.1) is 10.0 Å². The van der Waals surface area contributed by atoms with Crippen LogP contribution in [-0.2, 0) is 6.54 Å². The van der Waals surface area contributed by atoms with Gasteiger partial charge < -0.3 is 19.7 Å². The second-order valence-corrected chi connectivity index (χ2v) is 7.51. The number of para-hydroxylation sites is 1. The lowest BCUT2D eigenvalue weighted by atomic mass is 10.1. The van der Waals surface area contributed by atoms with E-state index in [2.05, 4.69) is 10.1 Å². The van der Waals surface area contributed by atoms with Gasteiger partial charge in [-0.15, -0.1) is 13.2 Å². The van der Waals surface area contributed by atoms with Crippen molar-refractivity contribution in [2.45, 2.75) is 31.9 Å². The van der Waals surface area contributed by atoms with Crippen LogP contribution in [0.2, 0.25) is 10.0 Å². The van der Waals surface area contributed by atoms with Gasteiger partial charge in [-0.1, -0.05) is 41.4 Å². The number of piperidine rings is 1. The van der Waals surface area contributed by atoms with E-state index in [1.165, 1.54) is 18.2 Å². The molecule has 0 bridgehead atoms. The van der Waals surface area contributed by atoms with Gasteiger partial charge in [0.15, 0.2) is 0 Å². The van der Waals surface area contributed by atoms with E-state index in [0.717, 1.165) is 0 Å². The van der Waals surface area contributed by atoms with Crippen molar-refractivity contribution >= 4 is 29.2 Å². The normalized spacial score (nSPS) is 15.0. The molecule has 3 rings (SSSR count). The standard InChI is InChI=1S/C20H19Cl2F3N2O3/c21-16-6-5-15(11-17(16)22)29-14-7-9-27(10-8-14)19(28)26-12-13-3-1-2-4-18(13)30-20(23,24)25/h1-6,11,14H,7-10,12H2,(H,26,28). The minimum Gasteiger partial charge on any atom is -0.490 e. The van der Waals surface area contributed by atoms with Gasteiger partial charge in [0, 0.05) is 44.1 Å². The summed E-state index contributed by atoms with van der Waals surface area (Å²) in [4.78, 5) is 14.0. The van der Waals surface area contributed by atoms with E-state index in [1.807, 2.05) is 0 Å². The molecule has 0 saturated carbocycles. The number of nitrogens with one attached hydrogen (secondary N) is 1. The smallest absolute Gasteiger partial charge is 0.490 e. The first-order valence-corrected chi connectivity index (χ1v) is 9.95. The first-order valence-electron chi connectivity index (χ1n) is 9.19. The Balaban J connectivity index is 1.48. The Morgan fingerprint density at radius 2 is 1.80 bits per heavy atom. The minimum absolute atomic E-state index is 0.0767. The maximum absolute atomic E-state index is 12.5. The molecular weight excluding hydrogens is 444 g/mol. The highest BCUT2D eigenvalue weighted by Gasteiger charge is 2.32. The predicted molar refractivity (Wildman–Crippen MR) is 107 cm³/mol. The fraction of sp³-hybridized carbons (Fsp3) is 0.350. The van der Waals surface area contributed by atoms with Crippen molar-refractivity contribution < 1.29 is 27.4 Å². The third kappa shape index (κ3) is 6.34. The van der Waals surface area contributed by atoms with E-state index >= 15 is 0 Å². The quantitative estimate of drug-likeness (QED) is 0.624. The molecule has 1 saturated heterocycles. The Hall–Kier alpha value is -2.32. The summed E-state index contributed by atoms with van der Waals surface area (Å²) in [6.07, 6.45) is -3.65. The molecule has 0 atom stereocenters. The lowest BCUT2D eigenvalue weighted by molar-refractivity contribution is -0.274. The van der Waals surface area contributed by atoms with Crippen LogP contribution in [0.1, 0.15) is 18.4 Å². The molecule has 1 aliphatic rings.